The fourth-order valence-electron chi connectivity index (χ4n) is 7.17. The first-order chi connectivity index (χ1) is 19.1. The van der Waals surface area contributed by atoms with Gasteiger partial charge in [-0.1, -0.05) is 36.8 Å². The van der Waals surface area contributed by atoms with Crippen LogP contribution in [0, 0.1) is 5.92 Å². The summed E-state index contributed by atoms with van der Waals surface area (Å²) < 4.78 is 5.31. The zero-order valence-corrected chi connectivity index (χ0v) is 22.8. The summed E-state index contributed by atoms with van der Waals surface area (Å²) in [5, 5.41) is 0. The molecule has 0 N–H and O–H groups in total. The fraction of sp³-hybridized carbons (Fsp3) is 0.516. The van der Waals surface area contributed by atoms with E-state index in [4.69, 9.17) is 4.74 Å². The number of ether oxygens (including phenoxy) is 1. The van der Waals surface area contributed by atoms with Gasteiger partial charge >= 0.3 is 0 Å². The van der Waals surface area contributed by atoms with Gasteiger partial charge in [-0.25, -0.2) is 0 Å². The van der Waals surface area contributed by atoms with Crippen LogP contribution in [-0.4, -0.2) is 84.9 Å². The zero-order valence-electron chi connectivity index (χ0n) is 22.8. The van der Waals surface area contributed by atoms with Crippen LogP contribution in [0.2, 0.25) is 0 Å². The molecule has 0 aromatic heterocycles. The van der Waals surface area contributed by atoms with Gasteiger partial charge in [0.25, 0.3) is 11.8 Å². The lowest BCUT2D eigenvalue weighted by atomic mass is 9.83. The molecule has 1 unspecified atom stereocenters. The number of nitrogens with zero attached hydrogens (tertiary/aromatic N) is 4. The van der Waals surface area contributed by atoms with Crippen LogP contribution < -0.4 is 4.90 Å². The number of carbonyl (C=O) groups is 3. The van der Waals surface area contributed by atoms with E-state index in [0.29, 0.717) is 48.5 Å². The second-order valence-electron chi connectivity index (χ2n) is 11.3. The Balaban J connectivity index is 1.28. The lowest BCUT2D eigenvalue weighted by Gasteiger charge is -2.46. The summed E-state index contributed by atoms with van der Waals surface area (Å²) in [5.41, 5.74) is 2.42. The van der Waals surface area contributed by atoms with Crippen molar-refractivity contribution < 1.29 is 19.1 Å². The van der Waals surface area contributed by atoms with Crippen molar-refractivity contribution in [1.29, 1.82) is 0 Å². The van der Waals surface area contributed by atoms with Crippen molar-refractivity contribution in [3.8, 4) is 0 Å². The molecule has 2 fully saturated rings. The van der Waals surface area contributed by atoms with Crippen LogP contribution >= 0.6 is 0 Å². The van der Waals surface area contributed by atoms with E-state index in [-0.39, 0.29) is 24.3 Å². The molecule has 3 amide bonds. The normalized spacial score (nSPS) is 24.2. The maximum Gasteiger partial charge on any atom is 0.260 e. The number of piperidine rings is 2. The first kappa shape index (κ1) is 26.0. The van der Waals surface area contributed by atoms with Gasteiger partial charge in [-0.3, -0.25) is 19.3 Å². The number of fused-ring (bicyclic) bond motifs is 6. The topological polar surface area (TPSA) is 73.4 Å². The number of para-hydroxylation sites is 1. The Morgan fingerprint density at radius 2 is 1.72 bits per heavy atom. The first-order valence-electron chi connectivity index (χ1n) is 14.4. The van der Waals surface area contributed by atoms with Crippen molar-refractivity contribution >= 4 is 23.4 Å². The standard InChI is InChI=1S/C31H38N4O4/c1-39-19-9-18-33(20-22-10-8-17-32-16-7-6-14-26(22)32)28(36)21-34-29-23-11-2-3-12-24(23)31(38)35(29)27-15-5-4-13-25(27)30(34)37/h2-5,11-13,15,22,26,29H,6-10,14,16-21H2,1H3/t22-,26+,29?/m0/s1. The highest BCUT2D eigenvalue weighted by atomic mass is 16.5. The monoisotopic (exact) mass is 530 g/mol. The number of methoxy groups -OCH3 is 1. The van der Waals surface area contributed by atoms with Gasteiger partial charge < -0.3 is 19.4 Å². The average molecular weight is 531 g/mol. The second-order valence-corrected chi connectivity index (χ2v) is 11.3. The number of rotatable bonds is 8. The van der Waals surface area contributed by atoms with Crippen molar-refractivity contribution in [2.75, 3.05) is 51.3 Å². The summed E-state index contributed by atoms with van der Waals surface area (Å²) in [7, 11) is 1.68. The Morgan fingerprint density at radius 3 is 2.56 bits per heavy atom. The number of amides is 3. The van der Waals surface area contributed by atoms with Crippen molar-refractivity contribution in [3.63, 3.8) is 0 Å². The molecule has 2 saturated heterocycles. The minimum absolute atomic E-state index is 0.0654. The smallest absolute Gasteiger partial charge is 0.260 e. The van der Waals surface area contributed by atoms with E-state index in [2.05, 4.69) is 4.90 Å². The fourth-order valence-corrected chi connectivity index (χ4v) is 7.17. The largest absolute Gasteiger partial charge is 0.385 e. The summed E-state index contributed by atoms with van der Waals surface area (Å²) in [6, 6.07) is 15.2. The molecule has 2 aromatic carbocycles. The van der Waals surface area contributed by atoms with E-state index in [1.807, 2.05) is 35.2 Å². The third-order valence-electron chi connectivity index (χ3n) is 9.00. The molecule has 6 rings (SSSR count). The minimum Gasteiger partial charge on any atom is -0.385 e. The molecule has 0 aliphatic carbocycles. The maximum atomic E-state index is 14.1. The summed E-state index contributed by atoms with van der Waals surface area (Å²) in [6.45, 7) is 4.13. The Kier molecular flexibility index (Phi) is 7.40. The van der Waals surface area contributed by atoms with E-state index in [9.17, 15) is 14.4 Å². The number of carbonyl (C=O) groups excluding carboxylic acids is 3. The van der Waals surface area contributed by atoms with Gasteiger partial charge in [0.15, 0.2) is 0 Å². The molecule has 0 radical (unpaired) electrons. The highest BCUT2D eigenvalue weighted by Gasteiger charge is 2.48. The Bertz CT molecular complexity index is 1250. The first-order valence-corrected chi connectivity index (χ1v) is 14.4. The molecule has 206 valence electrons. The molecule has 3 atom stereocenters. The molecule has 2 aromatic rings. The summed E-state index contributed by atoms with van der Waals surface area (Å²) in [5.74, 6) is 0.0272. The highest BCUT2D eigenvalue weighted by Crippen LogP contribution is 2.45. The van der Waals surface area contributed by atoms with E-state index >= 15 is 0 Å². The van der Waals surface area contributed by atoms with Crippen LogP contribution in [-0.2, 0) is 9.53 Å². The predicted octanol–water partition coefficient (Wildman–Crippen LogP) is 3.93. The second kappa shape index (κ2) is 11.1. The van der Waals surface area contributed by atoms with Crippen molar-refractivity contribution in [2.45, 2.75) is 50.7 Å². The molecular weight excluding hydrogens is 492 g/mol. The van der Waals surface area contributed by atoms with Crippen molar-refractivity contribution in [3.05, 3.63) is 65.2 Å². The molecule has 4 aliphatic rings. The molecule has 0 saturated carbocycles. The molecular formula is C31H38N4O4. The van der Waals surface area contributed by atoms with E-state index in [1.54, 1.807) is 35.1 Å². The Labute approximate surface area is 230 Å². The quantitative estimate of drug-likeness (QED) is 0.484. The van der Waals surface area contributed by atoms with E-state index in [1.165, 1.54) is 25.7 Å². The van der Waals surface area contributed by atoms with E-state index < -0.39 is 6.17 Å². The number of hydrogen-bond donors (Lipinski definition) is 0. The van der Waals surface area contributed by atoms with Crippen LogP contribution in [0.4, 0.5) is 5.69 Å². The minimum atomic E-state index is -0.621. The van der Waals surface area contributed by atoms with Crippen molar-refractivity contribution in [2.24, 2.45) is 5.92 Å². The van der Waals surface area contributed by atoms with Crippen LogP contribution in [0.15, 0.2) is 48.5 Å². The van der Waals surface area contributed by atoms with Gasteiger partial charge in [-0.05, 0) is 69.3 Å². The van der Waals surface area contributed by atoms with Gasteiger partial charge in [0, 0.05) is 44.0 Å². The molecule has 39 heavy (non-hydrogen) atoms. The van der Waals surface area contributed by atoms with Gasteiger partial charge in [0.1, 0.15) is 12.7 Å². The van der Waals surface area contributed by atoms with Crippen molar-refractivity contribution in [1.82, 2.24) is 14.7 Å². The molecule has 0 bridgehead atoms. The van der Waals surface area contributed by atoms with Gasteiger partial charge in [0.05, 0.1) is 11.3 Å². The lowest BCUT2D eigenvalue weighted by Crippen LogP contribution is -2.54. The summed E-state index contributed by atoms with van der Waals surface area (Å²) >= 11 is 0. The van der Waals surface area contributed by atoms with Crippen LogP contribution in [0.5, 0.6) is 0 Å². The zero-order chi connectivity index (χ0) is 26.9. The number of anilines is 1. The predicted molar refractivity (Wildman–Crippen MR) is 148 cm³/mol. The number of hydrogen-bond acceptors (Lipinski definition) is 5. The number of benzene rings is 2. The average Bonchev–Trinajstić information content (AvgIpc) is 3.27. The maximum absolute atomic E-state index is 14.1. The van der Waals surface area contributed by atoms with E-state index in [0.717, 1.165) is 31.5 Å². The molecule has 4 aliphatic heterocycles. The van der Waals surface area contributed by atoms with Gasteiger partial charge in [-0.2, -0.15) is 0 Å². The van der Waals surface area contributed by atoms with Crippen LogP contribution in [0.1, 0.15) is 71.0 Å². The molecule has 8 nitrogen and oxygen atoms in total. The summed E-state index contributed by atoms with van der Waals surface area (Å²) in [4.78, 5) is 49.3. The molecule has 8 heteroatoms. The Morgan fingerprint density at radius 1 is 0.949 bits per heavy atom. The summed E-state index contributed by atoms with van der Waals surface area (Å²) in [6.07, 6.45) is 6.13. The Hall–Kier alpha value is -3.23. The SMILES string of the molecule is COCCCN(C[C@@H]1CCCN2CCCC[C@H]12)C(=O)CN1C(=O)c2ccccc2N2C(=O)c3ccccc3C12. The third kappa shape index (κ3) is 4.74. The molecule has 0 spiro atoms. The molecule has 4 heterocycles. The highest BCUT2D eigenvalue weighted by molar-refractivity contribution is 6.17. The van der Waals surface area contributed by atoms with Crippen LogP contribution in [0.3, 0.4) is 0 Å². The lowest BCUT2D eigenvalue weighted by molar-refractivity contribution is -0.134. The van der Waals surface area contributed by atoms with Gasteiger partial charge in [0.2, 0.25) is 5.91 Å². The van der Waals surface area contributed by atoms with Crippen LogP contribution in [0.25, 0.3) is 0 Å². The van der Waals surface area contributed by atoms with Gasteiger partial charge in [-0.15, -0.1) is 0 Å². The third-order valence-corrected chi connectivity index (χ3v) is 9.00.